The quantitative estimate of drug-likeness (QED) is 0.658. The van der Waals surface area contributed by atoms with Crippen LogP contribution in [0, 0.1) is 0 Å². The summed E-state index contributed by atoms with van der Waals surface area (Å²) in [5.74, 6) is 5.70. The van der Waals surface area contributed by atoms with Gasteiger partial charge in [0.15, 0.2) is 0 Å². The molecule has 0 saturated heterocycles. The Labute approximate surface area is 109 Å². The van der Waals surface area contributed by atoms with Gasteiger partial charge in [0.25, 0.3) is 0 Å². The van der Waals surface area contributed by atoms with E-state index in [0.29, 0.717) is 0 Å². The smallest absolute Gasteiger partial charge is 0.0594 e. The zero-order chi connectivity index (χ0) is 11.7. The van der Waals surface area contributed by atoms with Crippen molar-refractivity contribution >= 4 is 22.7 Å². The topological polar surface area (TPSA) is 38.0 Å². The predicted molar refractivity (Wildman–Crippen MR) is 74.4 cm³/mol. The van der Waals surface area contributed by atoms with Crippen LogP contribution in [0.3, 0.4) is 0 Å². The number of nitrogens with one attached hydrogen (secondary N) is 1. The average molecular weight is 264 g/mol. The van der Waals surface area contributed by atoms with Crippen LogP contribution < -0.4 is 11.3 Å². The summed E-state index contributed by atoms with van der Waals surface area (Å²) in [6.07, 6.45) is 4.82. The summed E-state index contributed by atoms with van der Waals surface area (Å²) < 4.78 is 0. The Kier molecular flexibility index (Phi) is 3.29. The lowest BCUT2D eigenvalue weighted by Gasteiger charge is -2.13. The van der Waals surface area contributed by atoms with E-state index in [1.165, 1.54) is 29.7 Å². The van der Waals surface area contributed by atoms with Crippen LogP contribution in [-0.4, -0.2) is 0 Å². The van der Waals surface area contributed by atoms with Crippen LogP contribution in [0.1, 0.15) is 33.3 Å². The number of hydrogen-bond acceptors (Lipinski definition) is 4. The summed E-state index contributed by atoms with van der Waals surface area (Å²) in [5.41, 5.74) is 5.88. The molecule has 0 radical (unpaired) electrons. The third-order valence-corrected chi connectivity index (χ3v) is 5.41. The Morgan fingerprint density at radius 1 is 1.41 bits per heavy atom. The normalized spacial score (nSPS) is 16.1. The maximum atomic E-state index is 5.70. The molecule has 1 aliphatic rings. The molecule has 0 fully saturated rings. The van der Waals surface area contributed by atoms with E-state index in [0.717, 1.165) is 6.42 Å². The minimum atomic E-state index is 0.264. The van der Waals surface area contributed by atoms with Crippen molar-refractivity contribution in [2.75, 3.05) is 0 Å². The Balaban J connectivity index is 1.80. The molecule has 2 nitrogen and oxygen atoms in total. The van der Waals surface area contributed by atoms with Crippen molar-refractivity contribution in [3.63, 3.8) is 0 Å². The molecule has 4 heteroatoms. The first kappa shape index (κ1) is 11.4. The van der Waals surface area contributed by atoms with Gasteiger partial charge in [0.1, 0.15) is 0 Å². The van der Waals surface area contributed by atoms with E-state index in [2.05, 4.69) is 28.3 Å². The highest BCUT2D eigenvalue weighted by molar-refractivity contribution is 7.12. The molecule has 90 valence electrons. The minimum absolute atomic E-state index is 0.264. The number of rotatable bonds is 4. The second kappa shape index (κ2) is 4.90. The van der Waals surface area contributed by atoms with Gasteiger partial charge < -0.3 is 0 Å². The highest BCUT2D eigenvalue weighted by Gasteiger charge is 2.19. The third-order valence-electron chi connectivity index (χ3n) is 3.33. The van der Waals surface area contributed by atoms with E-state index in [1.807, 2.05) is 11.3 Å². The zero-order valence-electron chi connectivity index (χ0n) is 9.61. The molecule has 0 saturated carbocycles. The first-order valence-electron chi connectivity index (χ1n) is 5.95. The lowest BCUT2D eigenvalue weighted by Crippen LogP contribution is -2.28. The third kappa shape index (κ3) is 2.31. The summed E-state index contributed by atoms with van der Waals surface area (Å²) in [7, 11) is 0. The standard InChI is InChI=1S/C13H16N2S2/c14-15-11(6-9-4-5-16-8-9)13-7-10-2-1-3-12(10)17-13/h4-5,7-8,11,15H,1-3,6,14H2. The SMILES string of the molecule is NNC(Cc1ccsc1)c1cc2c(s1)CCC2. The molecular weight excluding hydrogens is 248 g/mol. The molecule has 1 atom stereocenters. The summed E-state index contributed by atoms with van der Waals surface area (Å²) in [6.45, 7) is 0. The fourth-order valence-corrected chi connectivity index (χ4v) is 4.41. The number of hydrogen-bond donors (Lipinski definition) is 2. The van der Waals surface area contributed by atoms with Gasteiger partial charge in [-0.25, -0.2) is 0 Å². The summed E-state index contributed by atoms with van der Waals surface area (Å²) in [6, 6.07) is 4.79. The molecule has 2 aromatic rings. The van der Waals surface area contributed by atoms with Gasteiger partial charge in [0.05, 0.1) is 6.04 Å². The van der Waals surface area contributed by atoms with Gasteiger partial charge in [-0.1, -0.05) is 0 Å². The molecule has 2 heterocycles. The van der Waals surface area contributed by atoms with Crippen molar-refractivity contribution in [1.82, 2.24) is 5.43 Å². The largest absolute Gasteiger partial charge is 0.271 e. The summed E-state index contributed by atoms with van der Waals surface area (Å²) in [4.78, 5) is 2.97. The lowest BCUT2D eigenvalue weighted by atomic mass is 10.1. The first-order chi connectivity index (χ1) is 8.36. The second-order valence-corrected chi connectivity index (χ2v) is 6.45. The molecule has 0 aromatic carbocycles. The van der Waals surface area contributed by atoms with Crippen LogP contribution >= 0.6 is 22.7 Å². The van der Waals surface area contributed by atoms with Gasteiger partial charge in [0.2, 0.25) is 0 Å². The van der Waals surface area contributed by atoms with Crippen molar-refractivity contribution in [1.29, 1.82) is 0 Å². The van der Waals surface area contributed by atoms with E-state index in [-0.39, 0.29) is 6.04 Å². The number of hydrazine groups is 1. The van der Waals surface area contributed by atoms with Crippen LogP contribution in [-0.2, 0) is 19.3 Å². The van der Waals surface area contributed by atoms with Gasteiger partial charge >= 0.3 is 0 Å². The Morgan fingerprint density at radius 3 is 3.06 bits per heavy atom. The van der Waals surface area contributed by atoms with E-state index < -0.39 is 0 Å². The molecule has 2 aromatic heterocycles. The molecule has 1 aliphatic carbocycles. The van der Waals surface area contributed by atoms with Crippen molar-refractivity contribution in [3.8, 4) is 0 Å². The van der Waals surface area contributed by atoms with Gasteiger partial charge in [-0.3, -0.25) is 11.3 Å². The summed E-state index contributed by atoms with van der Waals surface area (Å²) in [5, 5.41) is 4.32. The highest BCUT2D eigenvalue weighted by atomic mass is 32.1. The van der Waals surface area contributed by atoms with Gasteiger partial charge in [-0.15, -0.1) is 11.3 Å². The molecule has 3 rings (SSSR count). The van der Waals surface area contributed by atoms with E-state index in [4.69, 9.17) is 5.84 Å². The monoisotopic (exact) mass is 264 g/mol. The van der Waals surface area contributed by atoms with E-state index in [1.54, 1.807) is 21.8 Å². The molecule has 0 spiro atoms. The van der Waals surface area contributed by atoms with E-state index >= 15 is 0 Å². The molecule has 0 aliphatic heterocycles. The Hall–Kier alpha value is -0.680. The molecule has 0 amide bonds. The predicted octanol–water partition coefficient (Wildman–Crippen LogP) is 3.05. The van der Waals surface area contributed by atoms with Crippen LogP contribution in [0.2, 0.25) is 0 Å². The maximum Gasteiger partial charge on any atom is 0.0594 e. The molecule has 17 heavy (non-hydrogen) atoms. The fraction of sp³-hybridized carbons (Fsp3) is 0.385. The Morgan fingerprint density at radius 2 is 2.35 bits per heavy atom. The van der Waals surface area contributed by atoms with Crippen LogP contribution in [0.15, 0.2) is 22.9 Å². The highest BCUT2D eigenvalue weighted by Crippen LogP contribution is 2.34. The Bertz CT molecular complexity index is 466. The number of aryl methyl sites for hydroxylation is 2. The van der Waals surface area contributed by atoms with Crippen LogP contribution in [0.5, 0.6) is 0 Å². The van der Waals surface area contributed by atoms with E-state index in [9.17, 15) is 0 Å². The minimum Gasteiger partial charge on any atom is -0.271 e. The second-order valence-electron chi connectivity index (χ2n) is 4.51. The molecule has 0 bridgehead atoms. The van der Waals surface area contributed by atoms with Crippen LogP contribution in [0.4, 0.5) is 0 Å². The average Bonchev–Trinajstić information content (AvgIpc) is 3.01. The van der Waals surface area contributed by atoms with Crippen molar-refractivity contribution < 1.29 is 0 Å². The molecule has 3 N–H and O–H groups in total. The van der Waals surface area contributed by atoms with Gasteiger partial charge in [-0.05, 0) is 59.7 Å². The maximum absolute atomic E-state index is 5.70. The van der Waals surface area contributed by atoms with Gasteiger partial charge in [-0.2, -0.15) is 11.3 Å². The first-order valence-corrected chi connectivity index (χ1v) is 7.71. The van der Waals surface area contributed by atoms with Gasteiger partial charge in [0, 0.05) is 9.75 Å². The zero-order valence-corrected chi connectivity index (χ0v) is 11.2. The van der Waals surface area contributed by atoms with Crippen molar-refractivity contribution in [3.05, 3.63) is 43.8 Å². The number of thiophene rings is 2. The molecule has 1 unspecified atom stereocenters. The van der Waals surface area contributed by atoms with Crippen molar-refractivity contribution in [2.24, 2.45) is 5.84 Å². The fourth-order valence-electron chi connectivity index (χ4n) is 2.41. The van der Waals surface area contributed by atoms with Crippen molar-refractivity contribution in [2.45, 2.75) is 31.7 Å². The van der Waals surface area contributed by atoms with Crippen LogP contribution in [0.25, 0.3) is 0 Å². The number of fused-ring (bicyclic) bond motifs is 1. The lowest BCUT2D eigenvalue weighted by molar-refractivity contribution is 0.561. The summed E-state index contributed by atoms with van der Waals surface area (Å²) >= 11 is 3.68. The molecular formula is C13H16N2S2. The number of nitrogens with two attached hydrogens (primary N) is 1.